The van der Waals surface area contributed by atoms with Gasteiger partial charge in [0.2, 0.25) is 0 Å². The van der Waals surface area contributed by atoms with Gasteiger partial charge >= 0.3 is 0 Å². The van der Waals surface area contributed by atoms with E-state index in [9.17, 15) is 5.11 Å². The van der Waals surface area contributed by atoms with Gasteiger partial charge in [-0.15, -0.1) is 0 Å². The topological polar surface area (TPSA) is 80.0 Å². The Morgan fingerprint density at radius 3 is 2.73 bits per heavy atom. The van der Waals surface area contributed by atoms with Crippen LogP contribution < -0.4 is 5.11 Å². The molecule has 0 aliphatic carbocycles. The second-order valence-corrected chi connectivity index (χ2v) is 3.08. The summed E-state index contributed by atoms with van der Waals surface area (Å²) in [5.41, 5.74) is 0.837. The normalized spacial score (nSPS) is 10.1. The molecule has 0 amide bonds. The number of rotatable bonds is 1. The first kappa shape index (κ1) is 9.44. The van der Waals surface area contributed by atoms with Crippen LogP contribution in [0.15, 0.2) is 24.3 Å². The molecule has 0 bridgehead atoms. The number of fused-ring (bicyclic) bond motifs is 1. The summed E-state index contributed by atoms with van der Waals surface area (Å²) in [4.78, 5) is 4.05. The standard InChI is InChI=1S/C11H8N2O2/c12-5-9-10(15)4-2-7-1-3-8(6-14)13-11(7)9/h1-4,14-15H,6H2/p-1. The molecule has 0 fully saturated rings. The van der Waals surface area contributed by atoms with Crippen LogP contribution in [0.1, 0.15) is 11.3 Å². The number of nitriles is 1. The number of hydrogen-bond acceptors (Lipinski definition) is 4. The maximum Gasteiger partial charge on any atom is 0.101 e. The van der Waals surface area contributed by atoms with E-state index < -0.39 is 0 Å². The molecule has 0 unspecified atom stereocenters. The first-order chi connectivity index (χ1) is 7.26. The van der Waals surface area contributed by atoms with Gasteiger partial charge in [-0.25, -0.2) is 4.98 Å². The van der Waals surface area contributed by atoms with Crippen molar-refractivity contribution in [3.8, 4) is 11.8 Å². The van der Waals surface area contributed by atoms with E-state index in [4.69, 9.17) is 10.4 Å². The van der Waals surface area contributed by atoms with Gasteiger partial charge in [0.05, 0.1) is 23.4 Å². The first-order valence-corrected chi connectivity index (χ1v) is 4.37. The van der Waals surface area contributed by atoms with Crippen LogP contribution in [0.2, 0.25) is 0 Å². The minimum Gasteiger partial charge on any atom is -0.872 e. The molecule has 0 aliphatic rings. The van der Waals surface area contributed by atoms with E-state index in [0.29, 0.717) is 11.2 Å². The predicted octanol–water partition coefficient (Wildman–Crippen LogP) is 0.672. The molecule has 1 aromatic heterocycles. The Balaban J connectivity index is 2.83. The van der Waals surface area contributed by atoms with Gasteiger partial charge in [-0.1, -0.05) is 23.9 Å². The number of nitrogens with zero attached hydrogens (tertiary/aromatic N) is 2. The van der Waals surface area contributed by atoms with Gasteiger partial charge in [-0.05, 0) is 6.07 Å². The zero-order valence-corrected chi connectivity index (χ0v) is 7.77. The lowest BCUT2D eigenvalue weighted by Gasteiger charge is -2.10. The van der Waals surface area contributed by atoms with Crippen molar-refractivity contribution >= 4 is 10.9 Å². The zero-order chi connectivity index (χ0) is 10.8. The Labute approximate surface area is 86.0 Å². The van der Waals surface area contributed by atoms with Crippen LogP contribution >= 0.6 is 0 Å². The molecule has 2 rings (SSSR count). The SMILES string of the molecule is N#Cc1c([O-])ccc2ccc(CO)nc12. The monoisotopic (exact) mass is 199 g/mol. The minimum absolute atomic E-state index is 0.0304. The molecule has 1 N–H and O–H groups in total. The summed E-state index contributed by atoms with van der Waals surface area (Å²) in [5.74, 6) is -0.340. The van der Waals surface area contributed by atoms with Crippen LogP contribution in [0, 0.1) is 11.3 Å². The third-order valence-corrected chi connectivity index (χ3v) is 2.16. The average Bonchev–Trinajstić information content (AvgIpc) is 2.28. The highest BCUT2D eigenvalue weighted by Crippen LogP contribution is 2.23. The molecule has 0 atom stereocenters. The molecule has 4 heteroatoms. The number of aliphatic hydroxyl groups is 1. The van der Waals surface area contributed by atoms with Crippen LogP contribution in [0.3, 0.4) is 0 Å². The second kappa shape index (κ2) is 3.56. The number of hydrogen-bond donors (Lipinski definition) is 1. The minimum atomic E-state index is -0.340. The van der Waals surface area contributed by atoms with Crippen molar-refractivity contribution in [1.82, 2.24) is 4.98 Å². The molecule has 74 valence electrons. The Hall–Kier alpha value is -2.12. The molecule has 0 saturated heterocycles. The molecular formula is C11H7N2O2-. The van der Waals surface area contributed by atoms with Gasteiger partial charge in [0.25, 0.3) is 0 Å². The van der Waals surface area contributed by atoms with E-state index in [2.05, 4.69) is 4.98 Å². The van der Waals surface area contributed by atoms with Crippen LogP contribution in [0.25, 0.3) is 10.9 Å². The molecule has 1 aromatic carbocycles. The average molecular weight is 199 g/mol. The van der Waals surface area contributed by atoms with Crippen LogP contribution in [0.5, 0.6) is 5.75 Å². The van der Waals surface area contributed by atoms with Gasteiger partial charge in [0.15, 0.2) is 0 Å². The molecule has 0 saturated carbocycles. The van der Waals surface area contributed by atoms with Crippen molar-refractivity contribution in [2.75, 3.05) is 0 Å². The Morgan fingerprint density at radius 1 is 1.33 bits per heavy atom. The fourth-order valence-corrected chi connectivity index (χ4v) is 1.41. The lowest BCUT2D eigenvalue weighted by molar-refractivity contribution is -0.268. The third kappa shape index (κ3) is 1.49. The number of aliphatic hydroxyl groups excluding tert-OH is 1. The predicted molar refractivity (Wildman–Crippen MR) is 51.8 cm³/mol. The van der Waals surface area contributed by atoms with Crippen LogP contribution in [-0.2, 0) is 6.61 Å². The van der Waals surface area contributed by atoms with Crippen molar-refractivity contribution in [2.45, 2.75) is 6.61 Å². The molecule has 4 nitrogen and oxygen atoms in total. The lowest BCUT2D eigenvalue weighted by Crippen LogP contribution is -1.97. The molecule has 0 aliphatic heterocycles. The maximum absolute atomic E-state index is 11.3. The maximum atomic E-state index is 11.3. The molecule has 2 aromatic rings. The van der Waals surface area contributed by atoms with Crippen molar-refractivity contribution < 1.29 is 10.2 Å². The third-order valence-electron chi connectivity index (χ3n) is 2.16. The van der Waals surface area contributed by atoms with Gasteiger partial charge < -0.3 is 10.2 Å². The first-order valence-electron chi connectivity index (χ1n) is 4.37. The molecule has 1 heterocycles. The Bertz CT molecular complexity index is 558. The summed E-state index contributed by atoms with van der Waals surface area (Å²) in [5, 5.41) is 29.8. The van der Waals surface area contributed by atoms with Crippen molar-refractivity contribution in [2.24, 2.45) is 0 Å². The highest BCUT2D eigenvalue weighted by atomic mass is 16.3. The van der Waals surface area contributed by atoms with E-state index >= 15 is 0 Å². The summed E-state index contributed by atoms with van der Waals surface area (Å²) < 4.78 is 0. The fourth-order valence-electron chi connectivity index (χ4n) is 1.41. The Kier molecular flexibility index (Phi) is 2.24. The summed E-state index contributed by atoms with van der Waals surface area (Å²) in [6, 6.07) is 8.19. The summed E-state index contributed by atoms with van der Waals surface area (Å²) in [6.45, 7) is -0.204. The molecule has 15 heavy (non-hydrogen) atoms. The van der Waals surface area contributed by atoms with E-state index in [0.717, 1.165) is 5.39 Å². The molecule has 0 radical (unpaired) electrons. The van der Waals surface area contributed by atoms with Gasteiger partial charge in [-0.3, -0.25) is 0 Å². The summed E-state index contributed by atoms with van der Waals surface area (Å²) in [6.07, 6.45) is 0. The van der Waals surface area contributed by atoms with Crippen molar-refractivity contribution in [3.63, 3.8) is 0 Å². The number of pyridine rings is 1. The van der Waals surface area contributed by atoms with Gasteiger partial charge in [0.1, 0.15) is 6.07 Å². The smallest absolute Gasteiger partial charge is 0.101 e. The highest BCUT2D eigenvalue weighted by Gasteiger charge is 2.03. The molecule has 0 spiro atoms. The van der Waals surface area contributed by atoms with Crippen LogP contribution in [-0.4, -0.2) is 10.1 Å². The van der Waals surface area contributed by atoms with Crippen LogP contribution in [0.4, 0.5) is 0 Å². The van der Waals surface area contributed by atoms with E-state index in [1.807, 2.05) is 6.07 Å². The van der Waals surface area contributed by atoms with E-state index in [-0.39, 0.29) is 17.9 Å². The van der Waals surface area contributed by atoms with Gasteiger partial charge in [-0.2, -0.15) is 5.26 Å². The Morgan fingerprint density at radius 2 is 2.07 bits per heavy atom. The second-order valence-electron chi connectivity index (χ2n) is 3.08. The molecular weight excluding hydrogens is 192 g/mol. The van der Waals surface area contributed by atoms with Crippen molar-refractivity contribution in [3.05, 3.63) is 35.5 Å². The van der Waals surface area contributed by atoms with E-state index in [1.54, 1.807) is 18.2 Å². The zero-order valence-electron chi connectivity index (χ0n) is 7.77. The fraction of sp³-hybridized carbons (Fsp3) is 0.0909. The van der Waals surface area contributed by atoms with E-state index in [1.165, 1.54) is 6.07 Å². The number of aromatic nitrogens is 1. The largest absolute Gasteiger partial charge is 0.872 e. The van der Waals surface area contributed by atoms with Gasteiger partial charge in [0, 0.05) is 5.39 Å². The summed E-state index contributed by atoms with van der Waals surface area (Å²) in [7, 11) is 0. The number of benzene rings is 1. The lowest BCUT2D eigenvalue weighted by atomic mass is 10.1. The van der Waals surface area contributed by atoms with Crippen molar-refractivity contribution in [1.29, 1.82) is 5.26 Å². The quantitative estimate of drug-likeness (QED) is 0.732. The highest BCUT2D eigenvalue weighted by molar-refractivity contribution is 5.86. The summed E-state index contributed by atoms with van der Waals surface area (Å²) >= 11 is 0.